The van der Waals surface area contributed by atoms with E-state index < -0.39 is 11.8 Å². The van der Waals surface area contributed by atoms with Gasteiger partial charge in [-0.25, -0.2) is 4.98 Å². The number of carbonyl (C=O) groups excluding carboxylic acids is 2. The minimum atomic E-state index is -0.447. The smallest absolute Gasteiger partial charge is 0.289 e. The van der Waals surface area contributed by atoms with E-state index >= 15 is 0 Å². The number of carbonyl (C=O) groups is 2. The van der Waals surface area contributed by atoms with Crippen LogP contribution in [0.25, 0.3) is 6.08 Å². The molecule has 1 saturated heterocycles. The quantitative estimate of drug-likeness (QED) is 0.639. The van der Waals surface area contributed by atoms with E-state index in [-0.39, 0.29) is 5.69 Å². The average molecular weight is 358 g/mol. The van der Waals surface area contributed by atoms with Crippen molar-refractivity contribution in [2.45, 2.75) is 0 Å². The molecular formula is C17H18N4O3S. The lowest BCUT2D eigenvalue weighted by Gasteiger charge is -2.25. The zero-order valence-electron chi connectivity index (χ0n) is 13.5. The van der Waals surface area contributed by atoms with Crippen molar-refractivity contribution in [1.29, 1.82) is 0 Å². The highest BCUT2D eigenvalue weighted by Crippen LogP contribution is 2.21. The number of aromatic nitrogens is 1. The van der Waals surface area contributed by atoms with Gasteiger partial charge in [-0.2, -0.15) is 0 Å². The van der Waals surface area contributed by atoms with Gasteiger partial charge in [-0.05, 0) is 11.6 Å². The predicted molar refractivity (Wildman–Crippen MR) is 96.2 cm³/mol. The van der Waals surface area contributed by atoms with Gasteiger partial charge in [0.2, 0.25) is 0 Å². The van der Waals surface area contributed by atoms with Gasteiger partial charge in [0.05, 0.1) is 13.2 Å². The number of nitrogens with zero attached hydrogens (tertiary/aromatic N) is 2. The molecule has 3 rings (SSSR count). The van der Waals surface area contributed by atoms with Crippen molar-refractivity contribution >= 4 is 34.4 Å². The number of nitrogens with one attached hydrogen (secondary N) is 2. The molecule has 0 saturated carbocycles. The molecule has 0 unspecified atom stereocenters. The second kappa shape index (κ2) is 8.41. The monoisotopic (exact) mass is 358 g/mol. The first-order valence-electron chi connectivity index (χ1n) is 7.84. The number of hydrazine groups is 1. The van der Waals surface area contributed by atoms with Crippen LogP contribution in [-0.4, -0.2) is 43.1 Å². The molecule has 1 fully saturated rings. The Morgan fingerprint density at radius 2 is 1.92 bits per heavy atom. The second-order valence-electron chi connectivity index (χ2n) is 5.30. The summed E-state index contributed by atoms with van der Waals surface area (Å²) < 4.78 is 5.30. The van der Waals surface area contributed by atoms with Gasteiger partial charge in [0.1, 0.15) is 5.69 Å². The van der Waals surface area contributed by atoms with E-state index in [4.69, 9.17) is 4.74 Å². The Kier molecular flexibility index (Phi) is 5.76. The normalized spacial score (nSPS) is 14.5. The maximum Gasteiger partial charge on any atom is 0.289 e. The van der Waals surface area contributed by atoms with Gasteiger partial charge >= 0.3 is 0 Å². The highest BCUT2D eigenvalue weighted by Gasteiger charge is 2.17. The summed E-state index contributed by atoms with van der Waals surface area (Å²) in [5.74, 6) is -0.863. The molecule has 1 aromatic heterocycles. The molecule has 1 aliphatic rings. The molecule has 7 nitrogen and oxygen atoms in total. The van der Waals surface area contributed by atoms with Crippen LogP contribution in [0.15, 0.2) is 41.8 Å². The SMILES string of the molecule is O=C(/C=C/c1ccccc1)NNC(=O)c1csc(N2CCOCC2)n1. The number of ether oxygens (including phenoxy) is 1. The van der Waals surface area contributed by atoms with E-state index in [1.54, 1.807) is 11.5 Å². The summed E-state index contributed by atoms with van der Waals surface area (Å²) >= 11 is 1.40. The Balaban J connectivity index is 1.49. The summed E-state index contributed by atoms with van der Waals surface area (Å²) in [6.45, 7) is 2.83. The van der Waals surface area contributed by atoms with Crippen LogP contribution in [0.3, 0.4) is 0 Å². The van der Waals surface area contributed by atoms with E-state index in [1.165, 1.54) is 17.4 Å². The lowest BCUT2D eigenvalue weighted by molar-refractivity contribution is -0.117. The zero-order valence-corrected chi connectivity index (χ0v) is 14.3. The van der Waals surface area contributed by atoms with Crippen molar-refractivity contribution in [1.82, 2.24) is 15.8 Å². The van der Waals surface area contributed by atoms with Crippen LogP contribution in [0.2, 0.25) is 0 Å². The van der Waals surface area contributed by atoms with Gasteiger partial charge in [0.15, 0.2) is 5.13 Å². The summed E-state index contributed by atoms with van der Waals surface area (Å²) in [6.07, 6.45) is 3.02. The maximum absolute atomic E-state index is 12.1. The van der Waals surface area contributed by atoms with Crippen LogP contribution in [0.1, 0.15) is 16.1 Å². The molecule has 0 atom stereocenters. The van der Waals surface area contributed by atoms with Crippen molar-refractivity contribution in [2.24, 2.45) is 0 Å². The minimum Gasteiger partial charge on any atom is -0.378 e. The number of amides is 2. The van der Waals surface area contributed by atoms with Gasteiger partial charge in [-0.1, -0.05) is 30.3 Å². The fourth-order valence-corrected chi connectivity index (χ4v) is 3.09. The van der Waals surface area contributed by atoms with Crippen LogP contribution < -0.4 is 15.8 Å². The van der Waals surface area contributed by atoms with Crippen LogP contribution in [0, 0.1) is 0 Å². The Morgan fingerprint density at radius 1 is 1.16 bits per heavy atom. The molecule has 0 bridgehead atoms. The summed E-state index contributed by atoms with van der Waals surface area (Å²) in [6, 6.07) is 9.42. The molecule has 2 heterocycles. The Hall–Kier alpha value is -2.71. The van der Waals surface area contributed by atoms with Gasteiger partial charge in [-0.15, -0.1) is 11.3 Å². The molecule has 1 aliphatic heterocycles. The van der Waals surface area contributed by atoms with E-state index in [2.05, 4.69) is 20.7 Å². The number of benzene rings is 1. The summed E-state index contributed by atoms with van der Waals surface area (Å²) in [5, 5.41) is 2.45. The predicted octanol–water partition coefficient (Wildman–Crippen LogP) is 1.45. The fourth-order valence-electron chi connectivity index (χ4n) is 2.23. The summed E-state index contributed by atoms with van der Waals surface area (Å²) in [7, 11) is 0. The molecule has 0 spiro atoms. The lowest BCUT2D eigenvalue weighted by Crippen LogP contribution is -2.41. The van der Waals surface area contributed by atoms with E-state index in [9.17, 15) is 9.59 Å². The number of hydrogen-bond acceptors (Lipinski definition) is 6. The number of rotatable bonds is 4. The van der Waals surface area contributed by atoms with E-state index in [0.717, 1.165) is 23.8 Å². The Labute approximate surface area is 149 Å². The molecule has 1 aromatic carbocycles. The zero-order chi connectivity index (χ0) is 17.5. The third-order valence-electron chi connectivity index (χ3n) is 3.53. The second-order valence-corrected chi connectivity index (χ2v) is 6.14. The molecule has 2 amide bonds. The summed E-state index contributed by atoms with van der Waals surface area (Å²) in [4.78, 5) is 30.2. The number of anilines is 1. The van der Waals surface area contributed by atoms with Crippen LogP contribution in [0.5, 0.6) is 0 Å². The largest absolute Gasteiger partial charge is 0.378 e. The third-order valence-corrected chi connectivity index (χ3v) is 4.43. The first kappa shape index (κ1) is 17.1. The lowest BCUT2D eigenvalue weighted by atomic mass is 10.2. The molecule has 130 valence electrons. The molecule has 25 heavy (non-hydrogen) atoms. The number of morpholine rings is 1. The fraction of sp³-hybridized carbons (Fsp3) is 0.235. The van der Waals surface area contributed by atoms with Crippen LogP contribution >= 0.6 is 11.3 Å². The van der Waals surface area contributed by atoms with Crippen LogP contribution in [0.4, 0.5) is 5.13 Å². The molecule has 2 N–H and O–H groups in total. The topological polar surface area (TPSA) is 83.6 Å². The first-order chi connectivity index (χ1) is 12.2. The number of thiazole rings is 1. The van der Waals surface area contributed by atoms with Gasteiger partial charge in [0, 0.05) is 24.5 Å². The number of hydrogen-bond donors (Lipinski definition) is 2. The van der Waals surface area contributed by atoms with Crippen molar-refractivity contribution in [3.05, 3.63) is 53.0 Å². The molecular weight excluding hydrogens is 340 g/mol. The van der Waals surface area contributed by atoms with Gasteiger partial charge < -0.3 is 9.64 Å². The summed E-state index contributed by atoms with van der Waals surface area (Å²) in [5.41, 5.74) is 5.89. The van der Waals surface area contributed by atoms with Crippen molar-refractivity contribution in [3.8, 4) is 0 Å². The minimum absolute atomic E-state index is 0.277. The average Bonchev–Trinajstić information content (AvgIpc) is 3.16. The standard InChI is InChI=1S/C17H18N4O3S/c22-15(7-6-13-4-2-1-3-5-13)19-20-16(23)14-12-25-17(18-14)21-8-10-24-11-9-21/h1-7,12H,8-11H2,(H,19,22)(H,20,23)/b7-6+. The van der Waals surface area contributed by atoms with Crippen molar-refractivity contribution < 1.29 is 14.3 Å². The van der Waals surface area contributed by atoms with Gasteiger partial charge in [0.25, 0.3) is 11.8 Å². The first-order valence-corrected chi connectivity index (χ1v) is 8.72. The van der Waals surface area contributed by atoms with Gasteiger partial charge in [-0.3, -0.25) is 20.4 Å². The molecule has 0 radical (unpaired) electrons. The molecule has 0 aliphatic carbocycles. The molecule has 8 heteroatoms. The third kappa shape index (κ3) is 4.88. The van der Waals surface area contributed by atoms with Crippen molar-refractivity contribution in [3.63, 3.8) is 0 Å². The van der Waals surface area contributed by atoms with E-state index in [0.29, 0.717) is 13.2 Å². The highest BCUT2D eigenvalue weighted by atomic mass is 32.1. The Bertz CT molecular complexity index is 754. The maximum atomic E-state index is 12.1. The Morgan fingerprint density at radius 3 is 2.68 bits per heavy atom. The van der Waals surface area contributed by atoms with Crippen LogP contribution in [-0.2, 0) is 9.53 Å². The highest BCUT2D eigenvalue weighted by molar-refractivity contribution is 7.13. The van der Waals surface area contributed by atoms with Crippen molar-refractivity contribution in [2.75, 3.05) is 31.2 Å². The molecule has 2 aromatic rings. The van der Waals surface area contributed by atoms with E-state index in [1.807, 2.05) is 30.3 Å².